The number of fused-ring (bicyclic) bond motifs is 1. The van der Waals surface area contributed by atoms with Gasteiger partial charge < -0.3 is 15.2 Å². The number of hydrogen-bond acceptors (Lipinski definition) is 4. The van der Waals surface area contributed by atoms with E-state index in [9.17, 15) is 9.18 Å². The van der Waals surface area contributed by atoms with Crippen molar-refractivity contribution in [3.8, 4) is 11.1 Å². The molecule has 0 spiro atoms. The van der Waals surface area contributed by atoms with Crippen LogP contribution >= 0.6 is 0 Å². The quantitative estimate of drug-likeness (QED) is 0.703. The zero-order valence-corrected chi connectivity index (χ0v) is 15.0. The van der Waals surface area contributed by atoms with Crippen molar-refractivity contribution in [3.05, 3.63) is 47.3 Å². The van der Waals surface area contributed by atoms with E-state index in [1.807, 2.05) is 18.2 Å². The van der Waals surface area contributed by atoms with Gasteiger partial charge in [-0.15, -0.1) is 0 Å². The minimum atomic E-state index is -0.387. The number of aromatic nitrogens is 1. The molecule has 2 N–H and O–H groups in total. The van der Waals surface area contributed by atoms with Crippen molar-refractivity contribution in [1.29, 1.82) is 0 Å². The van der Waals surface area contributed by atoms with Gasteiger partial charge in [-0.25, -0.2) is 4.39 Å². The van der Waals surface area contributed by atoms with E-state index in [2.05, 4.69) is 15.8 Å². The molecule has 0 radical (unpaired) electrons. The Labute approximate surface area is 155 Å². The summed E-state index contributed by atoms with van der Waals surface area (Å²) in [4.78, 5) is 12.4. The van der Waals surface area contributed by atoms with Crippen molar-refractivity contribution in [1.82, 2.24) is 10.5 Å². The van der Waals surface area contributed by atoms with Gasteiger partial charge in [0.2, 0.25) is 0 Å². The lowest BCUT2D eigenvalue weighted by Crippen LogP contribution is -2.25. The zero-order chi connectivity index (χ0) is 18.5. The van der Waals surface area contributed by atoms with E-state index in [0.29, 0.717) is 28.3 Å². The Hall–Kier alpha value is -2.89. The molecule has 2 aliphatic rings. The first-order chi connectivity index (χ1) is 13.1. The minimum absolute atomic E-state index is 0.227. The van der Waals surface area contributed by atoms with Crippen molar-refractivity contribution in [2.24, 2.45) is 0 Å². The first-order valence-corrected chi connectivity index (χ1v) is 9.36. The normalized spacial score (nSPS) is 16.5. The van der Waals surface area contributed by atoms with Crippen LogP contribution in [0.1, 0.15) is 41.6 Å². The SMILES string of the molecule is Cc1c(F)cc(C(=O)NC2CC2)cc1-c1ccc2c(NC3CC3)noc2c1. The van der Waals surface area contributed by atoms with Gasteiger partial charge >= 0.3 is 0 Å². The maximum absolute atomic E-state index is 14.5. The van der Waals surface area contributed by atoms with Crippen molar-refractivity contribution in [2.75, 3.05) is 5.32 Å². The molecule has 1 heterocycles. The molecular weight excluding hydrogens is 345 g/mol. The highest BCUT2D eigenvalue weighted by Crippen LogP contribution is 2.34. The first-order valence-electron chi connectivity index (χ1n) is 9.36. The number of nitrogens with zero attached hydrogens (tertiary/aromatic N) is 1. The largest absolute Gasteiger partial charge is 0.364 e. The van der Waals surface area contributed by atoms with Crippen molar-refractivity contribution in [2.45, 2.75) is 44.7 Å². The van der Waals surface area contributed by atoms with E-state index in [-0.39, 0.29) is 17.8 Å². The van der Waals surface area contributed by atoms with Crippen LogP contribution in [0.25, 0.3) is 22.1 Å². The second-order valence-electron chi connectivity index (χ2n) is 7.54. The molecule has 6 heteroatoms. The van der Waals surface area contributed by atoms with Gasteiger partial charge in [0, 0.05) is 17.6 Å². The fraction of sp³-hybridized carbons (Fsp3) is 0.333. The highest BCUT2D eigenvalue weighted by Gasteiger charge is 2.25. The molecule has 1 aromatic heterocycles. The molecule has 138 valence electrons. The monoisotopic (exact) mass is 365 g/mol. The summed E-state index contributed by atoms with van der Waals surface area (Å²) in [6, 6.07) is 9.47. The van der Waals surface area contributed by atoms with Gasteiger partial charge in [0.1, 0.15) is 5.82 Å². The molecule has 2 fully saturated rings. The standard InChI is InChI=1S/C21H20FN3O2/c1-11-17(8-13(9-18(11)22)21(26)24-15-5-6-15)12-2-7-16-19(10-12)27-25-20(16)23-14-3-4-14/h2,7-10,14-15H,3-6H2,1H3,(H,23,25)(H,24,26). The molecule has 0 bridgehead atoms. The second-order valence-corrected chi connectivity index (χ2v) is 7.54. The predicted octanol–water partition coefficient (Wildman–Crippen LogP) is 4.41. The van der Waals surface area contributed by atoms with Crippen LogP contribution in [0.2, 0.25) is 0 Å². The van der Waals surface area contributed by atoms with E-state index >= 15 is 0 Å². The molecule has 2 aliphatic carbocycles. The first kappa shape index (κ1) is 16.3. The lowest BCUT2D eigenvalue weighted by Gasteiger charge is -2.11. The Balaban J connectivity index is 1.52. The maximum atomic E-state index is 14.5. The molecule has 0 aliphatic heterocycles. The van der Waals surface area contributed by atoms with E-state index in [4.69, 9.17) is 4.52 Å². The van der Waals surface area contributed by atoms with Crippen LogP contribution in [-0.2, 0) is 0 Å². The molecule has 5 rings (SSSR count). The third-order valence-corrected chi connectivity index (χ3v) is 5.22. The third kappa shape index (κ3) is 3.16. The summed E-state index contributed by atoms with van der Waals surface area (Å²) in [5.74, 6) is 0.135. The molecular formula is C21H20FN3O2. The number of benzene rings is 2. The number of carbonyl (C=O) groups is 1. The molecule has 2 aromatic carbocycles. The Morgan fingerprint density at radius 2 is 1.93 bits per heavy atom. The summed E-state index contributed by atoms with van der Waals surface area (Å²) >= 11 is 0. The molecule has 5 nitrogen and oxygen atoms in total. The van der Waals surface area contributed by atoms with Crippen molar-refractivity contribution >= 4 is 22.7 Å². The van der Waals surface area contributed by atoms with Crippen LogP contribution in [0, 0.1) is 12.7 Å². The van der Waals surface area contributed by atoms with Crippen molar-refractivity contribution < 1.29 is 13.7 Å². The second kappa shape index (κ2) is 6.08. The summed E-state index contributed by atoms with van der Waals surface area (Å²) in [7, 11) is 0. The topological polar surface area (TPSA) is 67.2 Å². The molecule has 1 amide bonds. The molecule has 0 atom stereocenters. The number of halogens is 1. The highest BCUT2D eigenvalue weighted by molar-refractivity contribution is 5.97. The highest BCUT2D eigenvalue weighted by atomic mass is 19.1. The van der Waals surface area contributed by atoms with Gasteiger partial charge in [-0.2, -0.15) is 0 Å². The molecule has 3 aromatic rings. The zero-order valence-electron chi connectivity index (χ0n) is 15.0. The summed E-state index contributed by atoms with van der Waals surface area (Å²) in [5, 5.41) is 11.3. The van der Waals surface area contributed by atoms with Crippen LogP contribution < -0.4 is 10.6 Å². The lowest BCUT2D eigenvalue weighted by molar-refractivity contribution is 0.0950. The average Bonchev–Trinajstić information content (AvgIpc) is 3.58. The Bertz CT molecular complexity index is 1050. The van der Waals surface area contributed by atoms with Crippen LogP contribution in [-0.4, -0.2) is 23.1 Å². The summed E-state index contributed by atoms with van der Waals surface area (Å²) < 4.78 is 19.9. The summed E-state index contributed by atoms with van der Waals surface area (Å²) in [5.41, 5.74) is 2.98. The number of nitrogens with one attached hydrogen (secondary N) is 2. The average molecular weight is 365 g/mol. The van der Waals surface area contributed by atoms with Crippen LogP contribution in [0.3, 0.4) is 0 Å². The van der Waals surface area contributed by atoms with Crippen LogP contribution in [0.4, 0.5) is 10.2 Å². The van der Waals surface area contributed by atoms with Crippen LogP contribution in [0.5, 0.6) is 0 Å². The van der Waals surface area contributed by atoms with Gasteiger partial charge in [-0.3, -0.25) is 4.79 Å². The number of rotatable bonds is 5. The number of carbonyl (C=O) groups excluding carboxylic acids is 1. The smallest absolute Gasteiger partial charge is 0.251 e. The fourth-order valence-electron chi connectivity index (χ4n) is 3.24. The van der Waals surface area contributed by atoms with E-state index < -0.39 is 0 Å². The van der Waals surface area contributed by atoms with Gasteiger partial charge in [-0.1, -0.05) is 11.2 Å². The molecule has 0 unspecified atom stereocenters. The van der Waals surface area contributed by atoms with Crippen molar-refractivity contribution in [3.63, 3.8) is 0 Å². The summed E-state index contributed by atoms with van der Waals surface area (Å²) in [6.07, 6.45) is 4.29. The number of amides is 1. The predicted molar refractivity (Wildman–Crippen MR) is 101 cm³/mol. The molecule has 27 heavy (non-hydrogen) atoms. The van der Waals surface area contributed by atoms with E-state index in [0.717, 1.165) is 42.5 Å². The fourth-order valence-corrected chi connectivity index (χ4v) is 3.24. The van der Waals surface area contributed by atoms with E-state index in [1.54, 1.807) is 13.0 Å². The summed E-state index contributed by atoms with van der Waals surface area (Å²) in [6.45, 7) is 1.72. The number of anilines is 1. The maximum Gasteiger partial charge on any atom is 0.251 e. The molecule has 0 saturated heterocycles. The third-order valence-electron chi connectivity index (χ3n) is 5.22. The van der Waals surface area contributed by atoms with Gasteiger partial charge in [0.15, 0.2) is 11.4 Å². The van der Waals surface area contributed by atoms with Gasteiger partial charge in [0.05, 0.1) is 5.39 Å². The van der Waals surface area contributed by atoms with Gasteiger partial charge in [0.25, 0.3) is 5.91 Å². The Morgan fingerprint density at radius 3 is 2.67 bits per heavy atom. The van der Waals surface area contributed by atoms with Crippen LogP contribution in [0.15, 0.2) is 34.9 Å². The minimum Gasteiger partial charge on any atom is -0.364 e. The molecule has 2 saturated carbocycles. The number of hydrogen-bond donors (Lipinski definition) is 2. The Morgan fingerprint density at radius 1 is 1.15 bits per heavy atom. The van der Waals surface area contributed by atoms with E-state index in [1.165, 1.54) is 6.07 Å². The van der Waals surface area contributed by atoms with Gasteiger partial charge in [-0.05, 0) is 73.6 Å². The Kier molecular flexibility index (Phi) is 3.67. The lowest BCUT2D eigenvalue weighted by atomic mass is 9.96.